The number of amides is 1. The molecule has 0 bridgehead atoms. The Bertz CT molecular complexity index is 749. The second-order valence-electron chi connectivity index (χ2n) is 4.61. The van der Waals surface area contributed by atoms with Gasteiger partial charge in [0.1, 0.15) is 0 Å². The maximum atomic E-state index is 12.0. The minimum atomic E-state index is -0.398. The van der Waals surface area contributed by atoms with Crippen LogP contribution in [0.4, 0.5) is 5.69 Å². The zero-order valence-corrected chi connectivity index (χ0v) is 11.4. The third kappa shape index (κ3) is 2.97. The van der Waals surface area contributed by atoms with Gasteiger partial charge in [-0.3, -0.25) is 4.79 Å². The van der Waals surface area contributed by atoms with Crippen molar-refractivity contribution < 1.29 is 9.32 Å². The molecule has 5 heteroatoms. The van der Waals surface area contributed by atoms with Gasteiger partial charge in [-0.2, -0.15) is 4.98 Å². The molecule has 0 aliphatic rings. The first-order valence-electron chi connectivity index (χ1n) is 6.49. The third-order valence-corrected chi connectivity index (χ3v) is 2.96. The van der Waals surface area contributed by atoms with Crippen molar-refractivity contribution in [3.63, 3.8) is 0 Å². The molecule has 3 aromatic rings. The predicted molar refractivity (Wildman–Crippen MR) is 78.9 cm³/mol. The summed E-state index contributed by atoms with van der Waals surface area (Å²) in [4.78, 5) is 16.2. The van der Waals surface area contributed by atoms with Crippen LogP contribution in [0.15, 0.2) is 59.1 Å². The van der Waals surface area contributed by atoms with Crippen LogP contribution in [-0.4, -0.2) is 16.0 Å². The highest BCUT2D eigenvalue weighted by molar-refractivity contribution is 6.01. The van der Waals surface area contributed by atoms with Crippen molar-refractivity contribution in [2.24, 2.45) is 0 Å². The molecular formula is C16H13N3O2. The van der Waals surface area contributed by atoms with Crippen molar-refractivity contribution >= 4 is 11.6 Å². The van der Waals surface area contributed by atoms with E-state index in [0.717, 1.165) is 11.1 Å². The number of nitrogens with zero attached hydrogens (tertiary/aromatic N) is 2. The van der Waals surface area contributed by atoms with Crippen LogP contribution in [0, 0.1) is 6.92 Å². The lowest BCUT2D eigenvalue weighted by molar-refractivity contribution is 0.101. The molecule has 0 saturated carbocycles. The molecule has 0 atom stereocenters. The first-order valence-corrected chi connectivity index (χ1v) is 6.49. The molecule has 0 fully saturated rings. The van der Waals surface area contributed by atoms with E-state index in [-0.39, 0.29) is 5.82 Å². The van der Waals surface area contributed by atoms with Gasteiger partial charge in [0.05, 0.1) is 0 Å². The highest BCUT2D eigenvalue weighted by Gasteiger charge is 2.15. The number of hydrogen-bond acceptors (Lipinski definition) is 4. The maximum absolute atomic E-state index is 12.0. The van der Waals surface area contributed by atoms with Gasteiger partial charge in [0, 0.05) is 11.3 Å². The minimum absolute atomic E-state index is 0.00873. The largest absolute Gasteiger partial charge is 0.333 e. The molecule has 21 heavy (non-hydrogen) atoms. The number of carbonyl (C=O) groups excluding carboxylic acids is 1. The first kappa shape index (κ1) is 13.1. The normalized spacial score (nSPS) is 10.3. The van der Waals surface area contributed by atoms with E-state index in [1.807, 2.05) is 61.5 Å². The van der Waals surface area contributed by atoms with Gasteiger partial charge in [-0.15, -0.1) is 0 Å². The van der Waals surface area contributed by atoms with Gasteiger partial charge in [0.25, 0.3) is 17.6 Å². The number of rotatable bonds is 3. The smallest absolute Gasteiger partial charge is 0.297 e. The lowest BCUT2D eigenvalue weighted by Crippen LogP contribution is -2.13. The quantitative estimate of drug-likeness (QED) is 0.798. The van der Waals surface area contributed by atoms with E-state index in [1.54, 1.807) is 0 Å². The zero-order valence-electron chi connectivity index (χ0n) is 11.4. The van der Waals surface area contributed by atoms with E-state index in [4.69, 9.17) is 4.52 Å². The molecule has 1 amide bonds. The Balaban J connectivity index is 1.77. The maximum Gasteiger partial charge on any atom is 0.297 e. The highest BCUT2D eigenvalue weighted by atomic mass is 16.5. The fourth-order valence-electron chi connectivity index (χ4n) is 1.84. The van der Waals surface area contributed by atoms with Gasteiger partial charge in [-0.25, -0.2) is 0 Å². The molecule has 1 N–H and O–H groups in total. The predicted octanol–water partition coefficient (Wildman–Crippen LogP) is 3.30. The SMILES string of the molecule is Cc1ccc(NC(=O)c2noc(-c3ccccc3)n2)cc1. The molecule has 0 saturated heterocycles. The van der Waals surface area contributed by atoms with E-state index in [0.29, 0.717) is 11.6 Å². The van der Waals surface area contributed by atoms with E-state index in [1.165, 1.54) is 0 Å². The highest BCUT2D eigenvalue weighted by Crippen LogP contribution is 2.16. The average molecular weight is 279 g/mol. The van der Waals surface area contributed by atoms with Crippen molar-refractivity contribution in [2.45, 2.75) is 6.92 Å². The summed E-state index contributed by atoms with van der Waals surface area (Å²) < 4.78 is 5.11. The number of aromatic nitrogens is 2. The molecule has 0 aliphatic heterocycles. The Morgan fingerprint density at radius 3 is 2.48 bits per heavy atom. The summed E-state index contributed by atoms with van der Waals surface area (Å²) in [6, 6.07) is 16.8. The first-order chi connectivity index (χ1) is 10.2. The van der Waals surface area contributed by atoms with Crippen LogP contribution in [0.25, 0.3) is 11.5 Å². The van der Waals surface area contributed by atoms with Gasteiger partial charge in [-0.1, -0.05) is 41.1 Å². The molecular weight excluding hydrogens is 266 g/mol. The van der Waals surface area contributed by atoms with E-state index < -0.39 is 5.91 Å². The van der Waals surface area contributed by atoms with Gasteiger partial charge in [0.2, 0.25) is 0 Å². The summed E-state index contributed by atoms with van der Waals surface area (Å²) in [5.41, 5.74) is 2.59. The monoisotopic (exact) mass is 279 g/mol. The molecule has 104 valence electrons. The molecule has 0 unspecified atom stereocenters. The fourth-order valence-corrected chi connectivity index (χ4v) is 1.84. The molecule has 0 radical (unpaired) electrons. The molecule has 0 spiro atoms. The lowest BCUT2D eigenvalue weighted by Gasteiger charge is -2.01. The molecule has 3 rings (SSSR count). The number of aryl methyl sites for hydroxylation is 1. The fraction of sp³-hybridized carbons (Fsp3) is 0.0625. The summed E-state index contributed by atoms with van der Waals surface area (Å²) in [6.07, 6.45) is 0. The number of hydrogen-bond donors (Lipinski definition) is 1. The van der Waals surface area contributed by atoms with Crippen molar-refractivity contribution in [3.05, 3.63) is 66.0 Å². The van der Waals surface area contributed by atoms with Crippen LogP contribution in [-0.2, 0) is 0 Å². The van der Waals surface area contributed by atoms with Crippen LogP contribution in [0.2, 0.25) is 0 Å². The standard InChI is InChI=1S/C16H13N3O2/c1-11-7-9-13(10-8-11)17-15(20)14-18-16(21-19-14)12-5-3-2-4-6-12/h2-10H,1H3,(H,17,20). The molecule has 2 aromatic carbocycles. The Morgan fingerprint density at radius 1 is 1.05 bits per heavy atom. The number of benzene rings is 2. The Hall–Kier alpha value is -2.95. The van der Waals surface area contributed by atoms with Crippen LogP contribution >= 0.6 is 0 Å². The minimum Gasteiger partial charge on any atom is -0.333 e. The lowest BCUT2D eigenvalue weighted by atomic mass is 10.2. The van der Waals surface area contributed by atoms with E-state index in [2.05, 4.69) is 15.5 Å². The van der Waals surface area contributed by atoms with Crippen molar-refractivity contribution in [3.8, 4) is 11.5 Å². The number of nitrogens with one attached hydrogen (secondary N) is 1. The van der Waals surface area contributed by atoms with Crippen molar-refractivity contribution in [2.75, 3.05) is 5.32 Å². The number of carbonyl (C=O) groups is 1. The van der Waals surface area contributed by atoms with Gasteiger partial charge < -0.3 is 9.84 Å². The third-order valence-electron chi connectivity index (χ3n) is 2.96. The van der Waals surface area contributed by atoms with Gasteiger partial charge >= 0.3 is 0 Å². The molecule has 5 nitrogen and oxygen atoms in total. The van der Waals surface area contributed by atoms with Crippen LogP contribution in [0.1, 0.15) is 16.2 Å². The van der Waals surface area contributed by atoms with Crippen molar-refractivity contribution in [1.82, 2.24) is 10.1 Å². The molecule has 0 aliphatic carbocycles. The summed E-state index contributed by atoms with van der Waals surface area (Å²) in [7, 11) is 0. The Kier molecular flexibility index (Phi) is 3.47. The Labute approximate surface area is 121 Å². The Morgan fingerprint density at radius 2 is 1.76 bits per heavy atom. The second kappa shape index (κ2) is 5.58. The topological polar surface area (TPSA) is 68.0 Å². The summed E-state index contributed by atoms with van der Waals surface area (Å²) >= 11 is 0. The zero-order chi connectivity index (χ0) is 14.7. The van der Waals surface area contributed by atoms with Crippen LogP contribution in [0.5, 0.6) is 0 Å². The van der Waals surface area contributed by atoms with Crippen LogP contribution in [0.3, 0.4) is 0 Å². The van der Waals surface area contributed by atoms with E-state index in [9.17, 15) is 4.79 Å². The van der Waals surface area contributed by atoms with Gasteiger partial charge in [0.15, 0.2) is 0 Å². The second-order valence-corrected chi connectivity index (χ2v) is 4.61. The summed E-state index contributed by atoms with van der Waals surface area (Å²) in [5.74, 6) is -0.0659. The molecule has 1 aromatic heterocycles. The van der Waals surface area contributed by atoms with Crippen LogP contribution < -0.4 is 5.32 Å². The summed E-state index contributed by atoms with van der Waals surface area (Å²) in [5, 5.41) is 6.43. The average Bonchev–Trinajstić information content (AvgIpc) is 3.00. The van der Waals surface area contributed by atoms with E-state index >= 15 is 0 Å². The number of anilines is 1. The summed E-state index contributed by atoms with van der Waals surface area (Å²) in [6.45, 7) is 1.98. The van der Waals surface area contributed by atoms with Crippen molar-refractivity contribution in [1.29, 1.82) is 0 Å². The molecule has 1 heterocycles. The van der Waals surface area contributed by atoms with Gasteiger partial charge in [-0.05, 0) is 31.2 Å².